The first-order chi connectivity index (χ1) is 9.63. The summed E-state index contributed by atoms with van der Waals surface area (Å²) in [6.07, 6.45) is 0.168. The minimum atomic E-state index is 0.168. The Hall–Kier alpha value is -1.66. The van der Waals surface area contributed by atoms with E-state index < -0.39 is 0 Å². The smallest absolute Gasteiger partial charge is 0.162 e. The predicted molar refractivity (Wildman–Crippen MR) is 79.7 cm³/mol. The van der Waals surface area contributed by atoms with Crippen molar-refractivity contribution in [1.29, 1.82) is 0 Å². The number of nitrogens with one attached hydrogen (secondary N) is 1. The van der Waals surface area contributed by atoms with Crippen LogP contribution in [0.4, 0.5) is 11.4 Å². The molecule has 0 aliphatic carbocycles. The first-order valence-corrected chi connectivity index (χ1v) is 6.69. The lowest BCUT2D eigenvalue weighted by Gasteiger charge is -2.30. The van der Waals surface area contributed by atoms with Crippen LogP contribution in [0, 0.1) is 0 Å². The second kappa shape index (κ2) is 6.67. The maximum absolute atomic E-state index is 6.01. The fourth-order valence-corrected chi connectivity index (χ4v) is 2.26. The quantitative estimate of drug-likeness (QED) is 0.786. The van der Waals surface area contributed by atoms with E-state index in [2.05, 4.69) is 17.3 Å². The normalized spacial score (nSPS) is 19.6. The largest absolute Gasteiger partial charge is 0.493 e. The summed E-state index contributed by atoms with van der Waals surface area (Å²) >= 11 is 0. The van der Waals surface area contributed by atoms with E-state index in [1.54, 1.807) is 20.3 Å². The lowest BCUT2D eigenvalue weighted by Crippen LogP contribution is -2.43. The Balaban J connectivity index is 2.01. The summed E-state index contributed by atoms with van der Waals surface area (Å²) in [4.78, 5) is 2.26. The van der Waals surface area contributed by atoms with E-state index in [0.29, 0.717) is 23.7 Å². The molecule has 1 aromatic rings. The van der Waals surface area contributed by atoms with Crippen molar-refractivity contribution in [3.05, 3.63) is 12.1 Å². The molecule has 1 fully saturated rings. The van der Waals surface area contributed by atoms with Gasteiger partial charge in [-0.3, -0.25) is 0 Å². The molecule has 0 aromatic heterocycles. The Morgan fingerprint density at radius 2 is 2.05 bits per heavy atom. The van der Waals surface area contributed by atoms with Crippen LogP contribution in [0.1, 0.15) is 0 Å². The van der Waals surface area contributed by atoms with Crippen LogP contribution in [-0.4, -0.2) is 58.5 Å². The summed E-state index contributed by atoms with van der Waals surface area (Å²) in [6, 6.07) is 3.61. The average Bonchev–Trinajstić information content (AvgIpc) is 2.45. The SMILES string of the molecule is COc1cc(N)c(NCC2CN(C)CCO2)cc1OC. The van der Waals surface area contributed by atoms with Gasteiger partial charge in [-0.25, -0.2) is 0 Å². The Kier molecular flexibility index (Phi) is 4.92. The van der Waals surface area contributed by atoms with Crippen molar-refractivity contribution in [3.63, 3.8) is 0 Å². The molecule has 1 aliphatic rings. The third kappa shape index (κ3) is 3.46. The number of anilines is 2. The van der Waals surface area contributed by atoms with Crippen LogP contribution in [0.15, 0.2) is 12.1 Å². The molecule has 6 nitrogen and oxygen atoms in total. The van der Waals surface area contributed by atoms with E-state index in [1.165, 1.54) is 0 Å². The Bertz CT molecular complexity index is 454. The van der Waals surface area contributed by atoms with Gasteiger partial charge in [0.05, 0.1) is 38.3 Å². The van der Waals surface area contributed by atoms with Crippen molar-refractivity contribution >= 4 is 11.4 Å². The number of rotatable bonds is 5. The zero-order valence-electron chi connectivity index (χ0n) is 12.3. The lowest BCUT2D eigenvalue weighted by atomic mass is 10.2. The van der Waals surface area contributed by atoms with Gasteiger partial charge in [-0.1, -0.05) is 0 Å². The lowest BCUT2D eigenvalue weighted by molar-refractivity contribution is -0.0117. The van der Waals surface area contributed by atoms with Crippen molar-refractivity contribution in [2.24, 2.45) is 0 Å². The molecule has 1 saturated heterocycles. The number of ether oxygens (including phenoxy) is 3. The van der Waals surface area contributed by atoms with Gasteiger partial charge < -0.3 is 30.2 Å². The topological polar surface area (TPSA) is 69.0 Å². The van der Waals surface area contributed by atoms with Gasteiger partial charge in [0.25, 0.3) is 0 Å². The highest BCUT2D eigenvalue weighted by Crippen LogP contribution is 2.34. The summed E-state index contributed by atoms with van der Waals surface area (Å²) < 4.78 is 16.2. The standard InChI is InChI=1S/C14H23N3O3/c1-17-4-5-20-10(9-17)8-16-12-7-14(19-3)13(18-2)6-11(12)15/h6-7,10,16H,4-5,8-9,15H2,1-3H3. The summed E-state index contributed by atoms with van der Waals surface area (Å²) in [7, 11) is 5.30. The molecule has 2 rings (SSSR count). The minimum absolute atomic E-state index is 0.168. The van der Waals surface area contributed by atoms with Crippen LogP contribution in [0.25, 0.3) is 0 Å². The molecular weight excluding hydrogens is 258 g/mol. The van der Waals surface area contributed by atoms with Gasteiger partial charge in [0, 0.05) is 31.8 Å². The van der Waals surface area contributed by atoms with E-state index in [0.717, 1.165) is 25.4 Å². The summed E-state index contributed by atoms with van der Waals surface area (Å²) in [5.41, 5.74) is 7.48. The van der Waals surface area contributed by atoms with Crippen LogP contribution in [0.3, 0.4) is 0 Å². The van der Waals surface area contributed by atoms with Gasteiger partial charge in [0.15, 0.2) is 11.5 Å². The molecule has 20 heavy (non-hydrogen) atoms. The number of methoxy groups -OCH3 is 2. The minimum Gasteiger partial charge on any atom is -0.493 e. The van der Waals surface area contributed by atoms with Crippen molar-refractivity contribution in [2.75, 3.05) is 58.6 Å². The molecule has 0 radical (unpaired) electrons. The molecule has 0 amide bonds. The molecule has 0 spiro atoms. The maximum atomic E-state index is 6.01. The number of benzene rings is 1. The van der Waals surface area contributed by atoms with Gasteiger partial charge in [-0.15, -0.1) is 0 Å². The van der Waals surface area contributed by atoms with Crippen molar-refractivity contribution in [3.8, 4) is 11.5 Å². The number of nitrogen functional groups attached to an aromatic ring is 1. The van der Waals surface area contributed by atoms with Gasteiger partial charge in [-0.2, -0.15) is 0 Å². The number of nitrogens with two attached hydrogens (primary N) is 1. The number of likely N-dealkylation sites (N-methyl/N-ethyl adjacent to an activating group) is 1. The number of hydrogen-bond acceptors (Lipinski definition) is 6. The molecular formula is C14H23N3O3. The third-order valence-electron chi connectivity index (χ3n) is 3.42. The molecule has 1 atom stereocenters. The Labute approximate surface area is 119 Å². The van der Waals surface area contributed by atoms with Crippen molar-refractivity contribution in [1.82, 2.24) is 4.90 Å². The molecule has 6 heteroatoms. The molecule has 0 saturated carbocycles. The van der Waals surface area contributed by atoms with E-state index in [9.17, 15) is 0 Å². The van der Waals surface area contributed by atoms with Crippen LogP contribution in [-0.2, 0) is 4.74 Å². The van der Waals surface area contributed by atoms with Crippen molar-refractivity contribution in [2.45, 2.75) is 6.10 Å². The average molecular weight is 281 g/mol. The van der Waals surface area contributed by atoms with Crippen LogP contribution >= 0.6 is 0 Å². The van der Waals surface area contributed by atoms with E-state index in [1.807, 2.05) is 6.07 Å². The molecule has 112 valence electrons. The van der Waals surface area contributed by atoms with Crippen LogP contribution < -0.4 is 20.5 Å². The summed E-state index contributed by atoms with van der Waals surface area (Å²) in [5.74, 6) is 1.29. The fourth-order valence-electron chi connectivity index (χ4n) is 2.26. The molecule has 1 heterocycles. The zero-order valence-corrected chi connectivity index (χ0v) is 12.3. The predicted octanol–water partition coefficient (Wildman–Crippen LogP) is 1.03. The highest BCUT2D eigenvalue weighted by atomic mass is 16.5. The van der Waals surface area contributed by atoms with Gasteiger partial charge >= 0.3 is 0 Å². The molecule has 1 aromatic carbocycles. The first-order valence-electron chi connectivity index (χ1n) is 6.69. The van der Waals surface area contributed by atoms with Gasteiger partial charge in [0.1, 0.15) is 0 Å². The van der Waals surface area contributed by atoms with Crippen LogP contribution in [0.5, 0.6) is 11.5 Å². The Morgan fingerprint density at radius 1 is 1.35 bits per heavy atom. The highest BCUT2D eigenvalue weighted by molar-refractivity contribution is 5.72. The molecule has 1 aliphatic heterocycles. The zero-order chi connectivity index (χ0) is 14.5. The van der Waals surface area contributed by atoms with E-state index in [-0.39, 0.29) is 6.10 Å². The number of morpholine rings is 1. The van der Waals surface area contributed by atoms with Crippen molar-refractivity contribution < 1.29 is 14.2 Å². The maximum Gasteiger partial charge on any atom is 0.162 e. The third-order valence-corrected chi connectivity index (χ3v) is 3.42. The highest BCUT2D eigenvalue weighted by Gasteiger charge is 2.18. The second-order valence-corrected chi connectivity index (χ2v) is 4.93. The molecule has 3 N–H and O–H groups in total. The van der Waals surface area contributed by atoms with Gasteiger partial charge in [0.2, 0.25) is 0 Å². The number of nitrogens with zero attached hydrogens (tertiary/aromatic N) is 1. The fraction of sp³-hybridized carbons (Fsp3) is 0.571. The monoisotopic (exact) mass is 281 g/mol. The Morgan fingerprint density at radius 3 is 2.70 bits per heavy atom. The summed E-state index contributed by atoms with van der Waals surface area (Å²) in [5, 5.41) is 3.32. The number of hydrogen-bond donors (Lipinski definition) is 2. The second-order valence-electron chi connectivity index (χ2n) is 4.93. The first kappa shape index (κ1) is 14.7. The van der Waals surface area contributed by atoms with Gasteiger partial charge in [-0.05, 0) is 7.05 Å². The molecule has 0 bridgehead atoms. The van der Waals surface area contributed by atoms with E-state index >= 15 is 0 Å². The van der Waals surface area contributed by atoms with Crippen LogP contribution in [0.2, 0.25) is 0 Å². The summed E-state index contributed by atoms with van der Waals surface area (Å²) in [6.45, 7) is 3.38. The molecule has 1 unspecified atom stereocenters. The van der Waals surface area contributed by atoms with E-state index in [4.69, 9.17) is 19.9 Å².